The molecule has 124 valence electrons. The number of nitrogens with zero attached hydrogens (tertiary/aromatic N) is 1. The summed E-state index contributed by atoms with van der Waals surface area (Å²) in [7, 11) is 1.66. The predicted octanol–water partition coefficient (Wildman–Crippen LogP) is 3.98. The molecule has 0 spiro atoms. The molecular formula is C20H22N2O2. The molecule has 0 radical (unpaired) electrons. The standard InChI is InChI=1S/C20H22N2O2/c1-14(2)20(23,19-12-21-13-22-19)16-9-10-18(24-3)17(11-16)15-7-5-4-6-8-15/h4-14,23H,1-3H3,(H,21,22). The van der Waals surface area contributed by atoms with Crippen molar-refractivity contribution in [3.63, 3.8) is 0 Å². The summed E-state index contributed by atoms with van der Waals surface area (Å²) in [5.41, 5.74) is 2.34. The normalized spacial score (nSPS) is 13.7. The minimum absolute atomic E-state index is 0.0324. The van der Waals surface area contributed by atoms with Gasteiger partial charge in [-0.2, -0.15) is 0 Å². The number of ether oxygens (including phenoxy) is 1. The van der Waals surface area contributed by atoms with Gasteiger partial charge < -0.3 is 14.8 Å². The van der Waals surface area contributed by atoms with Crippen LogP contribution in [0.1, 0.15) is 25.1 Å². The van der Waals surface area contributed by atoms with Gasteiger partial charge >= 0.3 is 0 Å². The molecule has 0 fully saturated rings. The number of aliphatic hydroxyl groups is 1. The van der Waals surface area contributed by atoms with Gasteiger partial charge in [-0.05, 0) is 29.2 Å². The van der Waals surface area contributed by atoms with E-state index in [1.807, 2.05) is 62.4 Å². The fraction of sp³-hybridized carbons (Fsp3) is 0.250. The van der Waals surface area contributed by atoms with Gasteiger partial charge in [-0.25, -0.2) is 4.98 Å². The molecule has 1 unspecified atom stereocenters. The molecule has 2 N–H and O–H groups in total. The summed E-state index contributed by atoms with van der Waals surface area (Å²) < 4.78 is 5.52. The number of aromatic nitrogens is 2. The lowest BCUT2D eigenvalue weighted by Crippen LogP contribution is -2.33. The van der Waals surface area contributed by atoms with Crippen LogP contribution < -0.4 is 4.74 Å². The van der Waals surface area contributed by atoms with Crippen LogP contribution in [-0.2, 0) is 5.60 Å². The Balaban J connectivity index is 2.18. The van der Waals surface area contributed by atoms with Crippen LogP contribution in [0.5, 0.6) is 5.75 Å². The number of hydrogen-bond donors (Lipinski definition) is 2. The largest absolute Gasteiger partial charge is 0.496 e. The van der Waals surface area contributed by atoms with Crippen molar-refractivity contribution in [1.29, 1.82) is 0 Å². The Morgan fingerprint density at radius 2 is 1.88 bits per heavy atom. The van der Waals surface area contributed by atoms with Crippen molar-refractivity contribution in [3.8, 4) is 16.9 Å². The van der Waals surface area contributed by atoms with Crippen molar-refractivity contribution >= 4 is 0 Å². The first-order valence-corrected chi connectivity index (χ1v) is 8.02. The van der Waals surface area contributed by atoms with E-state index in [1.54, 1.807) is 19.6 Å². The average Bonchev–Trinajstić information content (AvgIpc) is 3.16. The van der Waals surface area contributed by atoms with Crippen molar-refractivity contribution in [2.24, 2.45) is 5.92 Å². The van der Waals surface area contributed by atoms with Crippen LogP contribution >= 0.6 is 0 Å². The second kappa shape index (κ2) is 6.49. The Kier molecular flexibility index (Phi) is 4.40. The molecule has 0 saturated heterocycles. The van der Waals surface area contributed by atoms with Crippen LogP contribution in [0.25, 0.3) is 11.1 Å². The molecule has 0 bridgehead atoms. The minimum atomic E-state index is -1.15. The van der Waals surface area contributed by atoms with E-state index in [2.05, 4.69) is 9.97 Å². The molecule has 0 saturated carbocycles. The third-order valence-corrected chi connectivity index (χ3v) is 4.47. The van der Waals surface area contributed by atoms with E-state index in [4.69, 9.17) is 4.74 Å². The number of aromatic amines is 1. The molecule has 4 nitrogen and oxygen atoms in total. The van der Waals surface area contributed by atoms with Gasteiger partial charge in [0.05, 0.1) is 25.3 Å². The van der Waals surface area contributed by atoms with E-state index in [9.17, 15) is 5.11 Å². The number of methoxy groups -OCH3 is 1. The molecule has 0 amide bonds. The van der Waals surface area contributed by atoms with Crippen LogP contribution in [0.2, 0.25) is 0 Å². The average molecular weight is 322 g/mol. The number of nitrogens with one attached hydrogen (secondary N) is 1. The molecule has 24 heavy (non-hydrogen) atoms. The highest BCUT2D eigenvalue weighted by Crippen LogP contribution is 2.40. The molecule has 0 aliphatic carbocycles. The first kappa shape index (κ1) is 16.3. The Morgan fingerprint density at radius 3 is 2.46 bits per heavy atom. The van der Waals surface area contributed by atoms with Crippen LogP contribution in [0.4, 0.5) is 0 Å². The van der Waals surface area contributed by atoms with Gasteiger partial charge in [0.2, 0.25) is 0 Å². The maximum Gasteiger partial charge on any atom is 0.133 e. The summed E-state index contributed by atoms with van der Waals surface area (Å²) in [6.07, 6.45) is 3.26. The Labute approximate surface area is 142 Å². The van der Waals surface area contributed by atoms with Crippen molar-refractivity contribution in [1.82, 2.24) is 9.97 Å². The highest BCUT2D eigenvalue weighted by Gasteiger charge is 2.37. The van der Waals surface area contributed by atoms with E-state index in [0.29, 0.717) is 5.69 Å². The van der Waals surface area contributed by atoms with Gasteiger partial charge in [0.1, 0.15) is 11.4 Å². The third-order valence-electron chi connectivity index (χ3n) is 4.47. The highest BCUT2D eigenvalue weighted by molar-refractivity contribution is 5.71. The zero-order chi connectivity index (χ0) is 17.2. The first-order chi connectivity index (χ1) is 11.6. The first-order valence-electron chi connectivity index (χ1n) is 8.02. The van der Waals surface area contributed by atoms with Crippen LogP contribution in [0, 0.1) is 5.92 Å². The summed E-state index contributed by atoms with van der Waals surface area (Å²) in [5, 5.41) is 11.4. The predicted molar refractivity (Wildman–Crippen MR) is 94.9 cm³/mol. The number of benzene rings is 2. The van der Waals surface area contributed by atoms with E-state index < -0.39 is 5.60 Å². The molecule has 4 heteroatoms. The zero-order valence-corrected chi connectivity index (χ0v) is 14.2. The number of hydrogen-bond acceptors (Lipinski definition) is 3. The van der Waals surface area contributed by atoms with E-state index in [-0.39, 0.29) is 5.92 Å². The van der Waals surface area contributed by atoms with Gasteiger partial charge in [-0.1, -0.05) is 50.2 Å². The summed E-state index contributed by atoms with van der Waals surface area (Å²) in [5.74, 6) is 0.746. The lowest BCUT2D eigenvalue weighted by atomic mass is 9.80. The summed E-state index contributed by atoms with van der Waals surface area (Å²) in [4.78, 5) is 7.12. The van der Waals surface area contributed by atoms with Crippen LogP contribution in [0.3, 0.4) is 0 Å². The SMILES string of the molecule is COc1ccc(C(O)(c2cnc[nH]2)C(C)C)cc1-c1ccccc1. The van der Waals surface area contributed by atoms with E-state index >= 15 is 0 Å². The lowest BCUT2D eigenvalue weighted by molar-refractivity contribution is 0.0279. The van der Waals surface area contributed by atoms with Gasteiger partial charge in [0.15, 0.2) is 0 Å². The summed E-state index contributed by atoms with van der Waals surface area (Å²) in [6.45, 7) is 3.99. The fourth-order valence-corrected chi connectivity index (χ4v) is 3.05. The van der Waals surface area contributed by atoms with Gasteiger partial charge in [0.25, 0.3) is 0 Å². The monoisotopic (exact) mass is 322 g/mol. The fourth-order valence-electron chi connectivity index (χ4n) is 3.05. The number of H-pyrrole nitrogens is 1. The van der Waals surface area contributed by atoms with Gasteiger partial charge in [-0.3, -0.25) is 0 Å². The Bertz CT molecular complexity index is 798. The van der Waals surface area contributed by atoms with Crippen LogP contribution in [-0.4, -0.2) is 22.2 Å². The van der Waals surface area contributed by atoms with Crippen LogP contribution in [0.15, 0.2) is 61.1 Å². The third kappa shape index (κ3) is 2.69. The van der Waals surface area contributed by atoms with Gasteiger partial charge in [-0.15, -0.1) is 0 Å². The van der Waals surface area contributed by atoms with E-state index in [0.717, 1.165) is 22.4 Å². The topological polar surface area (TPSA) is 58.1 Å². The molecule has 0 aliphatic rings. The maximum atomic E-state index is 11.4. The van der Waals surface area contributed by atoms with Crippen molar-refractivity contribution in [2.75, 3.05) is 7.11 Å². The molecule has 3 rings (SSSR count). The van der Waals surface area contributed by atoms with E-state index in [1.165, 1.54) is 0 Å². The maximum absolute atomic E-state index is 11.4. The molecule has 2 aromatic carbocycles. The van der Waals surface area contributed by atoms with Crippen molar-refractivity contribution in [2.45, 2.75) is 19.4 Å². The second-order valence-corrected chi connectivity index (χ2v) is 6.17. The number of rotatable bonds is 5. The number of imidazole rings is 1. The second-order valence-electron chi connectivity index (χ2n) is 6.17. The smallest absolute Gasteiger partial charge is 0.133 e. The highest BCUT2D eigenvalue weighted by atomic mass is 16.5. The molecule has 3 aromatic rings. The molecule has 1 atom stereocenters. The Hall–Kier alpha value is -2.59. The zero-order valence-electron chi connectivity index (χ0n) is 14.2. The Morgan fingerprint density at radius 1 is 1.12 bits per heavy atom. The lowest BCUT2D eigenvalue weighted by Gasteiger charge is -2.32. The summed E-state index contributed by atoms with van der Waals surface area (Å²) >= 11 is 0. The van der Waals surface area contributed by atoms with Crippen molar-refractivity contribution in [3.05, 3.63) is 72.3 Å². The molecular weight excluding hydrogens is 300 g/mol. The molecule has 0 aliphatic heterocycles. The van der Waals surface area contributed by atoms with Crippen molar-refractivity contribution < 1.29 is 9.84 Å². The van der Waals surface area contributed by atoms with Gasteiger partial charge in [0, 0.05) is 5.56 Å². The molecule has 1 aromatic heterocycles. The quantitative estimate of drug-likeness (QED) is 0.747. The minimum Gasteiger partial charge on any atom is -0.496 e. The molecule has 1 heterocycles. The summed E-state index contributed by atoms with van der Waals surface area (Å²) in [6, 6.07) is 15.8.